The Morgan fingerprint density at radius 2 is 1.95 bits per heavy atom. The maximum atomic E-state index is 11.8. The Labute approximate surface area is 141 Å². The number of nitrogens with one attached hydrogen (secondary N) is 1. The van der Waals surface area contributed by atoms with Crippen molar-refractivity contribution in [3.8, 4) is 0 Å². The molecule has 4 nitrogen and oxygen atoms in total. The lowest BCUT2D eigenvalue weighted by atomic mass is 9.80. The minimum atomic E-state index is -0.527. The lowest BCUT2D eigenvalue weighted by Crippen LogP contribution is -2.43. The number of hydrogen-bond acceptors (Lipinski definition) is 3. The molecular formula is C17H26BrNO3. The highest BCUT2D eigenvalue weighted by Crippen LogP contribution is 2.29. The van der Waals surface area contributed by atoms with Crippen LogP contribution < -0.4 is 5.32 Å². The number of carbonyl (C=O) groups excluding carboxylic acids is 1. The molecule has 2 N–H and O–H groups in total. The topological polar surface area (TPSA) is 58.6 Å². The second-order valence-corrected chi connectivity index (χ2v) is 7.49. The summed E-state index contributed by atoms with van der Waals surface area (Å²) in [7, 11) is 0. The van der Waals surface area contributed by atoms with Crippen LogP contribution in [0.1, 0.15) is 39.7 Å². The van der Waals surface area contributed by atoms with Crippen molar-refractivity contribution in [2.45, 2.75) is 46.1 Å². The summed E-state index contributed by atoms with van der Waals surface area (Å²) in [5, 5.41) is 12.7. The second-order valence-electron chi connectivity index (χ2n) is 6.64. The van der Waals surface area contributed by atoms with Gasteiger partial charge in [-0.25, -0.2) is 4.79 Å². The van der Waals surface area contributed by atoms with Crippen molar-refractivity contribution >= 4 is 22.0 Å². The van der Waals surface area contributed by atoms with Crippen molar-refractivity contribution in [1.29, 1.82) is 0 Å². The van der Waals surface area contributed by atoms with E-state index in [9.17, 15) is 9.90 Å². The minimum absolute atomic E-state index is 0.000627. The van der Waals surface area contributed by atoms with Crippen LogP contribution in [0.2, 0.25) is 0 Å². The Hall–Kier alpha value is -1.07. The number of aliphatic hydroxyl groups excluding tert-OH is 1. The molecular weight excluding hydrogens is 346 g/mol. The molecule has 0 bridgehead atoms. The third kappa shape index (κ3) is 5.97. The van der Waals surface area contributed by atoms with Crippen LogP contribution in [0.5, 0.6) is 0 Å². The molecule has 0 radical (unpaired) electrons. The van der Waals surface area contributed by atoms with Gasteiger partial charge in [0, 0.05) is 16.4 Å². The van der Waals surface area contributed by atoms with E-state index >= 15 is 0 Å². The predicted octanol–water partition coefficient (Wildman–Crippen LogP) is 3.91. The van der Waals surface area contributed by atoms with E-state index in [0.717, 1.165) is 16.5 Å². The fraction of sp³-hybridized carbons (Fsp3) is 0.588. The van der Waals surface area contributed by atoms with Crippen molar-refractivity contribution in [2.24, 2.45) is 5.41 Å². The van der Waals surface area contributed by atoms with Gasteiger partial charge >= 0.3 is 6.09 Å². The van der Waals surface area contributed by atoms with Crippen molar-refractivity contribution in [2.75, 3.05) is 13.2 Å². The standard InChI is InChI=1S/C17H26BrNO3/c1-5-17(12-20,10-13-8-6-7-9-14(13)18)11-19-15(21)22-16(2,3)4/h6-9,20H,5,10-12H2,1-4H3,(H,19,21). The Morgan fingerprint density at radius 3 is 2.45 bits per heavy atom. The summed E-state index contributed by atoms with van der Waals surface area (Å²) in [5.74, 6) is 0. The third-order valence-electron chi connectivity index (χ3n) is 3.62. The fourth-order valence-corrected chi connectivity index (χ4v) is 2.58. The van der Waals surface area contributed by atoms with E-state index in [-0.39, 0.29) is 6.61 Å². The number of carbonyl (C=O) groups is 1. The first-order chi connectivity index (χ1) is 10.2. The molecule has 1 atom stereocenters. The third-order valence-corrected chi connectivity index (χ3v) is 4.39. The van der Waals surface area contributed by atoms with Crippen molar-refractivity contribution < 1.29 is 14.6 Å². The van der Waals surface area contributed by atoms with Crippen LogP contribution in [0.3, 0.4) is 0 Å². The zero-order valence-electron chi connectivity index (χ0n) is 13.8. The molecule has 1 aromatic rings. The van der Waals surface area contributed by atoms with Gasteiger partial charge in [-0.1, -0.05) is 41.1 Å². The van der Waals surface area contributed by atoms with Crippen molar-refractivity contribution in [1.82, 2.24) is 5.32 Å². The van der Waals surface area contributed by atoms with Gasteiger partial charge in [-0.15, -0.1) is 0 Å². The van der Waals surface area contributed by atoms with Gasteiger partial charge in [0.25, 0.3) is 0 Å². The molecule has 0 aliphatic carbocycles. The molecule has 0 aromatic heterocycles. The number of rotatable bonds is 6. The summed E-state index contributed by atoms with van der Waals surface area (Å²) in [5.41, 5.74) is 0.186. The van der Waals surface area contributed by atoms with Crippen LogP contribution >= 0.6 is 15.9 Å². The van der Waals surface area contributed by atoms with Crippen LogP contribution in [-0.2, 0) is 11.2 Å². The van der Waals surface area contributed by atoms with Crippen LogP contribution in [0.25, 0.3) is 0 Å². The first-order valence-corrected chi connectivity index (χ1v) is 8.32. The molecule has 5 heteroatoms. The normalized spacial score (nSPS) is 14.3. The number of alkyl carbamates (subject to hydrolysis) is 1. The summed E-state index contributed by atoms with van der Waals surface area (Å²) in [6.45, 7) is 7.87. The highest BCUT2D eigenvalue weighted by molar-refractivity contribution is 9.10. The van der Waals surface area contributed by atoms with Crippen LogP contribution in [0, 0.1) is 5.41 Å². The average Bonchev–Trinajstić information content (AvgIpc) is 2.44. The molecule has 1 amide bonds. The summed E-state index contributed by atoms with van der Waals surface area (Å²) in [4.78, 5) is 11.8. The molecule has 0 fully saturated rings. The van der Waals surface area contributed by atoms with Gasteiger partial charge in [0.2, 0.25) is 0 Å². The molecule has 0 aliphatic heterocycles. The first kappa shape index (κ1) is 19.0. The lowest BCUT2D eigenvalue weighted by Gasteiger charge is -2.32. The summed E-state index contributed by atoms with van der Waals surface area (Å²) in [6, 6.07) is 7.93. The van der Waals surface area contributed by atoms with Gasteiger partial charge in [0.15, 0.2) is 0 Å². The van der Waals surface area contributed by atoms with E-state index in [0.29, 0.717) is 13.0 Å². The molecule has 124 valence electrons. The van der Waals surface area contributed by atoms with Gasteiger partial charge in [0.1, 0.15) is 5.60 Å². The monoisotopic (exact) mass is 371 g/mol. The van der Waals surface area contributed by atoms with E-state index < -0.39 is 17.1 Å². The number of benzene rings is 1. The SMILES string of the molecule is CCC(CO)(CNC(=O)OC(C)(C)C)Cc1ccccc1Br. The van der Waals surface area contributed by atoms with E-state index in [4.69, 9.17) is 4.74 Å². The average molecular weight is 372 g/mol. The van der Waals surface area contributed by atoms with Gasteiger partial charge < -0.3 is 15.2 Å². The number of hydrogen-bond donors (Lipinski definition) is 2. The van der Waals surface area contributed by atoms with Gasteiger partial charge in [-0.3, -0.25) is 0 Å². The van der Waals surface area contributed by atoms with E-state index in [1.54, 1.807) is 0 Å². The number of amides is 1. The van der Waals surface area contributed by atoms with E-state index in [1.165, 1.54) is 0 Å². The highest BCUT2D eigenvalue weighted by atomic mass is 79.9. The molecule has 0 heterocycles. The van der Waals surface area contributed by atoms with E-state index in [1.807, 2.05) is 52.0 Å². The molecule has 0 saturated carbocycles. The maximum Gasteiger partial charge on any atom is 0.407 e. The number of ether oxygens (including phenoxy) is 1. The Kier molecular flexibility index (Phi) is 6.88. The number of aliphatic hydroxyl groups is 1. The molecule has 22 heavy (non-hydrogen) atoms. The fourth-order valence-electron chi connectivity index (χ4n) is 2.16. The quantitative estimate of drug-likeness (QED) is 0.796. The molecule has 1 aromatic carbocycles. The van der Waals surface area contributed by atoms with Gasteiger partial charge in [-0.2, -0.15) is 0 Å². The molecule has 0 aliphatic rings. The Morgan fingerprint density at radius 1 is 1.32 bits per heavy atom. The molecule has 0 spiro atoms. The van der Waals surface area contributed by atoms with E-state index in [2.05, 4.69) is 21.2 Å². The van der Waals surface area contributed by atoms with Crippen LogP contribution in [0.15, 0.2) is 28.7 Å². The zero-order valence-corrected chi connectivity index (χ0v) is 15.4. The van der Waals surface area contributed by atoms with Crippen LogP contribution in [0.4, 0.5) is 4.79 Å². The molecule has 1 rings (SSSR count). The Bertz CT molecular complexity index is 493. The summed E-state index contributed by atoms with van der Waals surface area (Å²) >= 11 is 3.53. The summed E-state index contributed by atoms with van der Waals surface area (Å²) in [6.07, 6.45) is 0.976. The minimum Gasteiger partial charge on any atom is -0.444 e. The lowest BCUT2D eigenvalue weighted by molar-refractivity contribution is 0.0461. The smallest absolute Gasteiger partial charge is 0.407 e. The highest BCUT2D eigenvalue weighted by Gasteiger charge is 2.30. The van der Waals surface area contributed by atoms with Crippen molar-refractivity contribution in [3.63, 3.8) is 0 Å². The molecule has 0 saturated heterocycles. The largest absolute Gasteiger partial charge is 0.444 e. The zero-order chi connectivity index (χ0) is 16.8. The van der Waals surface area contributed by atoms with Crippen LogP contribution in [-0.4, -0.2) is 30.0 Å². The Balaban J connectivity index is 2.75. The van der Waals surface area contributed by atoms with Gasteiger partial charge in [-0.05, 0) is 45.2 Å². The van der Waals surface area contributed by atoms with Crippen molar-refractivity contribution in [3.05, 3.63) is 34.3 Å². The number of halogens is 1. The van der Waals surface area contributed by atoms with Gasteiger partial charge in [0.05, 0.1) is 6.61 Å². The second kappa shape index (κ2) is 7.97. The maximum absolute atomic E-state index is 11.8. The first-order valence-electron chi connectivity index (χ1n) is 7.52. The summed E-state index contributed by atoms with van der Waals surface area (Å²) < 4.78 is 6.27. The predicted molar refractivity (Wildman–Crippen MR) is 91.9 cm³/mol. The molecule has 1 unspecified atom stereocenters.